The molecular formula is C13H14BrNO2S. The number of aliphatic hydroxyl groups is 1. The molecule has 0 saturated heterocycles. The summed E-state index contributed by atoms with van der Waals surface area (Å²) in [4.78, 5) is 5.26. The van der Waals surface area contributed by atoms with Crippen LogP contribution in [0.3, 0.4) is 0 Å². The molecule has 0 spiro atoms. The second-order valence-electron chi connectivity index (χ2n) is 3.99. The summed E-state index contributed by atoms with van der Waals surface area (Å²) >= 11 is 5.02. The predicted octanol–water partition coefficient (Wildman–Crippen LogP) is 3.85. The number of hydrogen-bond acceptors (Lipinski definition) is 4. The first kappa shape index (κ1) is 13.5. The molecule has 0 radical (unpaired) electrons. The van der Waals surface area contributed by atoms with Gasteiger partial charge in [-0.15, -0.1) is 11.3 Å². The Hall–Kier alpha value is -0.910. The molecule has 1 aromatic heterocycles. The zero-order valence-corrected chi connectivity index (χ0v) is 12.6. The highest BCUT2D eigenvalue weighted by Crippen LogP contribution is 2.29. The number of aromatic nitrogens is 1. The molecule has 3 nitrogen and oxygen atoms in total. The van der Waals surface area contributed by atoms with Gasteiger partial charge in [-0.05, 0) is 26.0 Å². The van der Waals surface area contributed by atoms with Crippen LogP contribution in [0.25, 0.3) is 0 Å². The van der Waals surface area contributed by atoms with Gasteiger partial charge in [-0.3, -0.25) is 0 Å². The number of thiazole rings is 1. The molecule has 0 saturated carbocycles. The molecule has 0 aliphatic rings. The fraction of sp³-hybridized carbons (Fsp3) is 0.308. The lowest BCUT2D eigenvalue weighted by Crippen LogP contribution is -2.00. The third kappa shape index (κ3) is 3.31. The summed E-state index contributed by atoms with van der Waals surface area (Å²) in [7, 11) is 0. The van der Waals surface area contributed by atoms with E-state index in [9.17, 15) is 5.11 Å². The number of halogens is 1. The zero-order chi connectivity index (χ0) is 13.1. The first-order valence-electron chi connectivity index (χ1n) is 5.58. The third-order valence-electron chi connectivity index (χ3n) is 2.46. The first-order valence-corrected chi connectivity index (χ1v) is 7.19. The van der Waals surface area contributed by atoms with Gasteiger partial charge in [0.25, 0.3) is 0 Å². The Balaban J connectivity index is 2.15. The van der Waals surface area contributed by atoms with Crippen molar-refractivity contribution in [3.05, 3.63) is 44.3 Å². The highest BCUT2D eigenvalue weighted by Gasteiger charge is 2.10. The summed E-state index contributed by atoms with van der Waals surface area (Å²) in [5, 5.41) is 10.7. The van der Waals surface area contributed by atoms with Crippen molar-refractivity contribution in [1.82, 2.24) is 4.98 Å². The van der Waals surface area contributed by atoms with Gasteiger partial charge in [0.05, 0.1) is 16.0 Å². The van der Waals surface area contributed by atoms with Gasteiger partial charge in [-0.2, -0.15) is 0 Å². The van der Waals surface area contributed by atoms with E-state index in [1.165, 1.54) is 0 Å². The lowest BCUT2D eigenvalue weighted by Gasteiger charge is -2.13. The van der Waals surface area contributed by atoms with Gasteiger partial charge in [0.15, 0.2) is 0 Å². The monoisotopic (exact) mass is 327 g/mol. The number of ether oxygens (including phenoxy) is 1. The van der Waals surface area contributed by atoms with Crippen molar-refractivity contribution in [3.8, 4) is 5.75 Å². The largest absolute Gasteiger partial charge is 0.488 e. The van der Waals surface area contributed by atoms with Gasteiger partial charge in [0.1, 0.15) is 12.4 Å². The van der Waals surface area contributed by atoms with Gasteiger partial charge in [-0.25, -0.2) is 4.98 Å². The molecule has 1 heterocycles. The van der Waals surface area contributed by atoms with E-state index >= 15 is 0 Å². The van der Waals surface area contributed by atoms with Crippen molar-refractivity contribution in [2.24, 2.45) is 0 Å². The van der Waals surface area contributed by atoms with Gasteiger partial charge >= 0.3 is 0 Å². The maximum atomic E-state index is 9.69. The fourth-order valence-corrected chi connectivity index (χ4v) is 2.65. The van der Waals surface area contributed by atoms with E-state index in [-0.39, 0.29) is 0 Å². The lowest BCUT2D eigenvalue weighted by molar-refractivity contribution is 0.190. The van der Waals surface area contributed by atoms with Crippen molar-refractivity contribution in [1.29, 1.82) is 0 Å². The molecule has 5 heteroatoms. The second-order valence-corrected chi connectivity index (χ2v) is 6.23. The van der Waals surface area contributed by atoms with E-state index in [2.05, 4.69) is 20.9 Å². The van der Waals surface area contributed by atoms with Gasteiger partial charge < -0.3 is 9.84 Å². The van der Waals surface area contributed by atoms with Crippen LogP contribution in [0, 0.1) is 6.92 Å². The van der Waals surface area contributed by atoms with Crippen LogP contribution in [0.5, 0.6) is 5.75 Å². The summed E-state index contributed by atoms with van der Waals surface area (Å²) < 4.78 is 6.69. The summed E-state index contributed by atoms with van der Waals surface area (Å²) in [6.45, 7) is 4.17. The second kappa shape index (κ2) is 5.82. The number of benzene rings is 1. The Labute approximate surface area is 119 Å². The van der Waals surface area contributed by atoms with Crippen LogP contribution < -0.4 is 4.74 Å². The highest BCUT2D eigenvalue weighted by atomic mass is 79.9. The predicted molar refractivity (Wildman–Crippen MR) is 76.0 cm³/mol. The van der Waals surface area contributed by atoms with Crippen LogP contribution in [0.1, 0.15) is 28.5 Å². The Morgan fingerprint density at radius 2 is 2.28 bits per heavy atom. The highest BCUT2D eigenvalue weighted by molar-refractivity contribution is 9.10. The molecule has 0 bridgehead atoms. The molecule has 0 amide bonds. The van der Waals surface area contributed by atoms with E-state index in [4.69, 9.17) is 4.74 Å². The minimum Gasteiger partial charge on any atom is -0.488 e. The average Bonchev–Trinajstić information content (AvgIpc) is 2.72. The van der Waals surface area contributed by atoms with E-state index in [1.54, 1.807) is 18.3 Å². The summed E-state index contributed by atoms with van der Waals surface area (Å²) in [6, 6.07) is 5.63. The van der Waals surface area contributed by atoms with Crippen LogP contribution in [-0.2, 0) is 6.61 Å². The Morgan fingerprint density at radius 1 is 1.50 bits per heavy atom. The summed E-state index contributed by atoms with van der Waals surface area (Å²) in [5.41, 5.74) is 0.791. The molecule has 0 aliphatic carbocycles. The topological polar surface area (TPSA) is 42.4 Å². The van der Waals surface area contributed by atoms with E-state index in [0.29, 0.717) is 12.4 Å². The molecule has 2 aromatic rings. The smallest absolute Gasteiger partial charge is 0.126 e. The molecule has 0 aliphatic heterocycles. The van der Waals surface area contributed by atoms with Gasteiger partial charge in [0.2, 0.25) is 0 Å². The number of rotatable bonds is 4. The third-order valence-corrected chi connectivity index (χ3v) is 3.84. The molecule has 0 fully saturated rings. The van der Waals surface area contributed by atoms with Crippen LogP contribution >= 0.6 is 27.3 Å². The van der Waals surface area contributed by atoms with E-state index in [0.717, 1.165) is 19.9 Å². The maximum Gasteiger partial charge on any atom is 0.126 e. The number of hydrogen-bond donors (Lipinski definition) is 1. The molecule has 1 N–H and O–H groups in total. The van der Waals surface area contributed by atoms with Crippen molar-refractivity contribution in [2.75, 3.05) is 0 Å². The summed E-state index contributed by atoms with van der Waals surface area (Å²) in [6.07, 6.45) is 1.27. The normalized spacial score (nSPS) is 12.4. The number of nitrogens with zero attached hydrogens (tertiary/aromatic N) is 1. The molecule has 0 unspecified atom stereocenters. The van der Waals surface area contributed by atoms with Gasteiger partial charge in [0, 0.05) is 16.2 Å². The van der Waals surface area contributed by atoms with Crippen molar-refractivity contribution in [3.63, 3.8) is 0 Å². The standard InChI is InChI=1S/C13H14BrNO2S/c1-8(16)12-4-3-10(14)5-13(12)17-7-11-6-15-9(2)18-11/h3-6,8,16H,7H2,1-2H3/t8-/m0/s1. The first-order chi connectivity index (χ1) is 8.56. The van der Waals surface area contributed by atoms with Crippen LogP contribution in [0.4, 0.5) is 0 Å². The van der Waals surface area contributed by atoms with Crippen LogP contribution in [-0.4, -0.2) is 10.1 Å². The molecule has 1 atom stereocenters. The van der Waals surface area contributed by atoms with Gasteiger partial charge in [-0.1, -0.05) is 22.0 Å². The minimum absolute atomic E-state index is 0.474. The summed E-state index contributed by atoms with van der Waals surface area (Å²) in [5.74, 6) is 0.699. The Morgan fingerprint density at radius 3 is 2.89 bits per heavy atom. The minimum atomic E-state index is -0.545. The Bertz CT molecular complexity index is 540. The molecule has 96 valence electrons. The molecule has 2 rings (SSSR count). The van der Waals surface area contributed by atoms with E-state index in [1.807, 2.05) is 31.3 Å². The SMILES string of the molecule is Cc1ncc(COc2cc(Br)ccc2[C@H](C)O)s1. The van der Waals surface area contributed by atoms with Crippen LogP contribution in [0.2, 0.25) is 0 Å². The van der Waals surface area contributed by atoms with Crippen molar-refractivity contribution < 1.29 is 9.84 Å². The molecule has 1 aromatic carbocycles. The average molecular weight is 328 g/mol. The Kier molecular flexibility index (Phi) is 4.37. The maximum absolute atomic E-state index is 9.69. The number of aliphatic hydroxyl groups excluding tert-OH is 1. The molecule has 18 heavy (non-hydrogen) atoms. The molecular weight excluding hydrogens is 314 g/mol. The van der Waals surface area contributed by atoms with E-state index < -0.39 is 6.10 Å². The number of aryl methyl sites for hydroxylation is 1. The quantitative estimate of drug-likeness (QED) is 0.927. The van der Waals surface area contributed by atoms with Crippen LogP contribution in [0.15, 0.2) is 28.9 Å². The van der Waals surface area contributed by atoms with Crippen molar-refractivity contribution >= 4 is 27.3 Å². The van der Waals surface area contributed by atoms with Crippen molar-refractivity contribution in [2.45, 2.75) is 26.6 Å². The zero-order valence-electron chi connectivity index (χ0n) is 10.2. The fourth-order valence-electron chi connectivity index (χ4n) is 1.60. The lowest BCUT2D eigenvalue weighted by atomic mass is 10.1.